The number of hydrogen-bond donors (Lipinski definition) is 1. The Labute approximate surface area is 132 Å². The lowest BCUT2D eigenvalue weighted by Crippen LogP contribution is -2.26. The molecule has 0 radical (unpaired) electrons. The third kappa shape index (κ3) is 19.4. The summed E-state index contributed by atoms with van der Waals surface area (Å²) in [5.41, 5.74) is 0. The topological polar surface area (TPSA) is 63.8 Å². The first kappa shape index (κ1) is 22.7. The summed E-state index contributed by atoms with van der Waals surface area (Å²) in [6.07, 6.45) is 13.5. The van der Waals surface area contributed by atoms with E-state index in [0.29, 0.717) is 6.42 Å². The van der Waals surface area contributed by atoms with Crippen LogP contribution in [-0.4, -0.2) is 43.5 Å². The number of nitrogens with zero attached hydrogens (tertiary/aromatic N) is 1. The number of rotatable bonds is 14. The first-order valence-electron chi connectivity index (χ1n) is 8.58. The second kappa shape index (κ2) is 17.4. The zero-order valence-corrected chi connectivity index (χ0v) is 14.5. The van der Waals surface area contributed by atoms with Crippen molar-refractivity contribution in [3.8, 4) is 0 Å². The minimum absolute atomic E-state index is 0. The molecule has 0 aliphatic rings. The minimum Gasteiger partial charge on any atom is -0.412 e. The Bertz CT molecular complexity index is 221. The minimum atomic E-state index is 0. The lowest BCUT2D eigenvalue weighted by Gasteiger charge is -2.09. The molecule has 0 aromatic heterocycles. The van der Waals surface area contributed by atoms with Crippen LogP contribution in [0.5, 0.6) is 0 Å². The third-order valence-electron chi connectivity index (χ3n) is 3.61. The van der Waals surface area contributed by atoms with Crippen molar-refractivity contribution in [2.45, 2.75) is 77.6 Å². The summed E-state index contributed by atoms with van der Waals surface area (Å²) in [5, 5.41) is 3.00. The predicted molar refractivity (Wildman–Crippen MR) is 91.6 cm³/mol. The highest BCUT2D eigenvalue weighted by atomic mass is 16.1. The molecule has 0 fully saturated rings. The molecule has 1 amide bonds. The van der Waals surface area contributed by atoms with Crippen molar-refractivity contribution in [2.24, 2.45) is 0 Å². The van der Waals surface area contributed by atoms with Crippen LogP contribution >= 0.6 is 0 Å². The van der Waals surface area contributed by atoms with E-state index in [4.69, 9.17) is 0 Å². The van der Waals surface area contributed by atoms with Crippen molar-refractivity contribution in [3.63, 3.8) is 0 Å². The predicted octanol–water partition coefficient (Wildman–Crippen LogP) is 3.15. The van der Waals surface area contributed by atoms with Crippen molar-refractivity contribution in [1.29, 1.82) is 0 Å². The van der Waals surface area contributed by atoms with Crippen molar-refractivity contribution in [2.75, 3.05) is 27.2 Å². The second-order valence-electron chi connectivity index (χ2n) is 6.09. The van der Waals surface area contributed by atoms with Gasteiger partial charge in [0.05, 0.1) is 0 Å². The standard InChI is InChI=1S/C17H36N2O.H2O/c1-4-5-6-7-8-9-10-11-12-14-17(20)18-15-13-16-19(2)3;/h4-16H2,1-3H3,(H,18,20);1H2. The van der Waals surface area contributed by atoms with E-state index < -0.39 is 0 Å². The Morgan fingerprint density at radius 2 is 1.38 bits per heavy atom. The molecular formula is C17H38N2O2. The van der Waals surface area contributed by atoms with Gasteiger partial charge in [0.25, 0.3) is 0 Å². The van der Waals surface area contributed by atoms with Crippen LogP contribution in [0, 0.1) is 0 Å². The Morgan fingerprint density at radius 1 is 0.857 bits per heavy atom. The van der Waals surface area contributed by atoms with Gasteiger partial charge in [-0.1, -0.05) is 58.3 Å². The largest absolute Gasteiger partial charge is 0.412 e. The fourth-order valence-corrected chi connectivity index (χ4v) is 2.31. The van der Waals surface area contributed by atoms with E-state index in [1.165, 1.54) is 51.4 Å². The van der Waals surface area contributed by atoms with Crippen molar-refractivity contribution in [1.82, 2.24) is 10.2 Å². The Kier molecular flexibility index (Phi) is 18.8. The maximum Gasteiger partial charge on any atom is 0.219 e. The van der Waals surface area contributed by atoms with E-state index in [0.717, 1.165) is 25.9 Å². The first-order chi connectivity index (χ1) is 9.66. The number of carbonyl (C=O) groups excluding carboxylic acids is 1. The number of unbranched alkanes of at least 4 members (excludes halogenated alkanes) is 8. The lowest BCUT2D eigenvalue weighted by molar-refractivity contribution is -0.121. The molecule has 0 unspecified atom stereocenters. The highest BCUT2D eigenvalue weighted by Gasteiger charge is 2.00. The van der Waals surface area contributed by atoms with Gasteiger partial charge in [0.2, 0.25) is 5.91 Å². The summed E-state index contributed by atoms with van der Waals surface area (Å²) in [6, 6.07) is 0. The van der Waals surface area contributed by atoms with Gasteiger partial charge in [-0.25, -0.2) is 0 Å². The van der Waals surface area contributed by atoms with Crippen LogP contribution in [0.2, 0.25) is 0 Å². The van der Waals surface area contributed by atoms with E-state index in [2.05, 4.69) is 31.2 Å². The normalized spacial score (nSPS) is 10.5. The molecule has 21 heavy (non-hydrogen) atoms. The summed E-state index contributed by atoms with van der Waals surface area (Å²) < 4.78 is 0. The van der Waals surface area contributed by atoms with Gasteiger partial charge < -0.3 is 15.7 Å². The monoisotopic (exact) mass is 302 g/mol. The molecule has 0 aliphatic heterocycles. The number of hydrogen-bond acceptors (Lipinski definition) is 2. The van der Waals surface area contributed by atoms with Crippen LogP contribution in [0.1, 0.15) is 77.6 Å². The average Bonchev–Trinajstić information content (AvgIpc) is 2.41. The summed E-state index contributed by atoms with van der Waals surface area (Å²) in [7, 11) is 4.12. The molecule has 0 spiro atoms. The summed E-state index contributed by atoms with van der Waals surface area (Å²) in [4.78, 5) is 13.7. The van der Waals surface area contributed by atoms with E-state index >= 15 is 0 Å². The fraction of sp³-hybridized carbons (Fsp3) is 0.941. The van der Waals surface area contributed by atoms with Gasteiger partial charge in [-0.05, 0) is 33.5 Å². The highest BCUT2D eigenvalue weighted by Crippen LogP contribution is 2.10. The molecule has 0 rings (SSSR count). The SMILES string of the molecule is CCCCCCCCCCCC(=O)NCCCN(C)C.O. The highest BCUT2D eigenvalue weighted by molar-refractivity contribution is 5.75. The Hall–Kier alpha value is -0.610. The van der Waals surface area contributed by atoms with Gasteiger partial charge in [-0.15, -0.1) is 0 Å². The molecule has 0 aromatic rings. The van der Waals surface area contributed by atoms with E-state index in [-0.39, 0.29) is 11.4 Å². The average molecular weight is 303 g/mol. The maximum atomic E-state index is 11.6. The van der Waals surface area contributed by atoms with Crippen LogP contribution < -0.4 is 5.32 Å². The zero-order chi connectivity index (χ0) is 15.1. The molecule has 0 saturated carbocycles. The number of nitrogens with one attached hydrogen (secondary N) is 1. The summed E-state index contributed by atoms with van der Waals surface area (Å²) in [6.45, 7) is 4.11. The first-order valence-corrected chi connectivity index (χ1v) is 8.58. The molecule has 4 heteroatoms. The van der Waals surface area contributed by atoms with Crippen molar-refractivity contribution >= 4 is 5.91 Å². The van der Waals surface area contributed by atoms with E-state index in [1.54, 1.807) is 0 Å². The van der Waals surface area contributed by atoms with Crippen molar-refractivity contribution in [3.05, 3.63) is 0 Å². The smallest absolute Gasteiger partial charge is 0.219 e. The number of carbonyl (C=O) groups is 1. The van der Waals surface area contributed by atoms with Crippen LogP contribution in [0.25, 0.3) is 0 Å². The van der Waals surface area contributed by atoms with Gasteiger partial charge in [0.1, 0.15) is 0 Å². The Morgan fingerprint density at radius 3 is 1.90 bits per heavy atom. The molecule has 0 saturated heterocycles. The van der Waals surface area contributed by atoms with Gasteiger partial charge in [-0.2, -0.15) is 0 Å². The lowest BCUT2D eigenvalue weighted by atomic mass is 10.1. The molecule has 0 aliphatic carbocycles. The molecule has 4 nitrogen and oxygen atoms in total. The van der Waals surface area contributed by atoms with Crippen LogP contribution in [0.15, 0.2) is 0 Å². The maximum absolute atomic E-state index is 11.6. The molecule has 128 valence electrons. The van der Waals surface area contributed by atoms with E-state index in [9.17, 15) is 4.79 Å². The molecular weight excluding hydrogens is 264 g/mol. The molecule has 0 heterocycles. The van der Waals surface area contributed by atoms with Crippen LogP contribution in [0.4, 0.5) is 0 Å². The molecule has 0 atom stereocenters. The van der Waals surface area contributed by atoms with E-state index in [1.807, 2.05) is 0 Å². The number of amides is 1. The summed E-state index contributed by atoms with van der Waals surface area (Å²) in [5.74, 6) is 0.228. The summed E-state index contributed by atoms with van der Waals surface area (Å²) >= 11 is 0. The van der Waals surface area contributed by atoms with Gasteiger partial charge in [0, 0.05) is 13.0 Å². The fourth-order valence-electron chi connectivity index (χ4n) is 2.31. The van der Waals surface area contributed by atoms with Crippen molar-refractivity contribution < 1.29 is 10.3 Å². The van der Waals surface area contributed by atoms with Crippen LogP contribution in [-0.2, 0) is 4.79 Å². The molecule has 0 bridgehead atoms. The Balaban J connectivity index is 0. The third-order valence-corrected chi connectivity index (χ3v) is 3.61. The van der Waals surface area contributed by atoms with Gasteiger partial charge in [-0.3, -0.25) is 4.79 Å². The zero-order valence-electron chi connectivity index (χ0n) is 14.5. The quantitative estimate of drug-likeness (QED) is 0.501. The van der Waals surface area contributed by atoms with Crippen LogP contribution in [0.3, 0.4) is 0 Å². The van der Waals surface area contributed by atoms with Gasteiger partial charge >= 0.3 is 0 Å². The molecule has 0 aromatic carbocycles. The second-order valence-corrected chi connectivity index (χ2v) is 6.09. The molecule has 3 N–H and O–H groups in total. The van der Waals surface area contributed by atoms with Gasteiger partial charge in [0.15, 0.2) is 0 Å².